The predicted octanol–water partition coefficient (Wildman–Crippen LogP) is 3.11. The lowest BCUT2D eigenvalue weighted by Crippen LogP contribution is -2.36. The summed E-state index contributed by atoms with van der Waals surface area (Å²) in [5.41, 5.74) is 1.31. The zero-order valence-electron chi connectivity index (χ0n) is 10.5. The highest BCUT2D eigenvalue weighted by Crippen LogP contribution is 2.35. The van der Waals surface area contributed by atoms with E-state index in [0.29, 0.717) is 12.0 Å². The lowest BCUT2D eigenvalue weighted by Gasteiger charge is -2.31. The van der Waals surface area contributed by atoms with Crippen molar-refractivity contribution in [1.82, 2.24) is 5.32 Å². The minimum Gasteiger partial charge on any atom is -0.493 e. The van der Waals surface area contributed by atoms with E-state index in [1.807, 2.05) is 12.1 Å². The van der Waals surface area contributed by atoms with Crippen LogP contribution in [0, 0.1) is 0 Å². The van der Waals surface area contributed by atoms with Gasteiger partial charge in [-0.1, -0.05) is 31.2 Å². The fraction of sp³-hybridized carbons (Fsp3) is 0.467. The Morgan fingerprint density at radius 3 is 3.12 bits per heavy atom. The SMILES string of the molecule is C=CC(NCCC)C1CCOc2ccccc21. The van der Waals surface area contributed by atoms with E-state index in [1.165, 1.54) is 5.56 Å². The summed E-state index contributed by atoms with van der Waals surface area (Å²) in [7, 11) is 0. The topological polar surface area (TPSA) is 21.3 Å². The molecular weight excluding hydrogens is 210 g/mol. The fourth-order valence-corrected chi connectivity index (χ4v) is 2.44. The summed E-state index contributed by atoms with van der Waals surface area (Å²) < 4.78 is 5.69. The predicted molar refractivity (Wildman–Crippen MR) is 71.6 cm³/mol. The summed E-state index contributed by atoms with van der Waals surface area (Å²) in [6.45, 7) is 7.99. The number of nitrogens with one attached hydrogen (secondary N) is 1. The van der Waals surface area contributed by atoms with Crippen molar-refractivity contribution >= 4 is 0 Å². The number of benzene rings is 1. The summed E-state index contributed by atoms with van der Waals surface area (Å²) in [5.74, 6) is 1.53. The second kappa shape index (κ2) is 5.87. The lowest BCUT2D eigenvalue weighted by molar-refractivity contribution is 0.254. The van der Waals surface area contributed by atoms with Crippen molar-refractivity contribution in [2.75, 3.05) is 13.2 Å². The molecule has 0 aromatic heterocycles. The van der Waals surface area contributed by atoms with Crippen molar-refractivity contribution in [3.05, 3.63) is 42.5 Å². The molecule has 2 heteroatoms. The van der Waals surface area contributed by atoms with E-state index < -0.39 is 0 Å². The van der Waals surface area contributed by atoms with Crippen LogP contribution < -0.4 is 10.1 Å². The van der Waals surface area contributed by atoms with Crippen molar-refractivity contribution in [2.24, 2.45) is 0 Å². The minimum atomic E-state index is 0.347. The molecule has 2 nitrogen and oxygen atoms in total. The van der Waals surface area contributed by atoms with E-state index in [1.54, 1.807) is 0 Å². The molecular formula is C15H21NO. The summed E-state index contributed by atoms with van der Waals surface area (Å²) in [6.07, 6.45) is 4.24. The lowest BCUT2D eigenvalue weighted by atomic mass is 9.86. The van der Waals surface area contributed by atoms with Crippen molar-refractivity contribution in [3.63, 3.8) is 0 Å². The summed E-state index contributed by atoms with van der Waals surface area (Å²) in [4.78, 5) is 0. The third-order valence-corrected chi connectivity index (χ3v) is 3.32. The van der Waals surface area contributed by atoms with Crippen LogP contribution in [-0.4, -0.2) is 19.2 Å². The van der Waals surface area contributed by atoms with Gasteiger partial charge in [0.05, 0.1) is 6.61 Å². The van der Waals surface area contributed by atoms with Crippen molar-refractivity contribution in [1.29, 1.82) is 0 Å². The van der Waals surface area contributed by atoms with Gasteiger partial charge in [0.2, 0.25) is 0 Å². The summed E-state index contributed by atoms with van der Waals surface area (Å²) in [5, 5.41) is 3.56. The van der Waals surface area contributed by atoms with Gasteiger partial charge in [0, 0.05) is 12.0 Å². The maximum absolute atomic E-state index is 5.69. The number of fused-ring (bicyclic) bond motifs is 1. The quantitative estimate of drug-likeness (QED) is 0.786. The molecule has 0 spiro atoms. The molecule has 1 heterocycles. The van der Waals surface area contributed by atoms with E-state index in [-0.39, 0.29) is 0 Å². The van der Waals surface area contributed by atoms with Gasteiger partial charge in [-0.15, -0.1) is 6.58 Å². The van der Waals surface area contributed by atoms with Crippen molar-refractivity contribution in [3.8, 4) is 5.75 Å². The van der Waals surface area contributed by atoms with Crippen molar-refractivity contribution < 1.29 is 4.74 Å². The van der Waals surface area contributed by atoms with Gasteiger partial charge >= 0.3 is 0 Å². The number of hydrogen-bond donors (Lipinski definition) is 1. The molecule has 0 fully saturated rings. The number of para-hydroxylation sites is 1. The van der Waals surface area contributed by atoms with Gasteiger partial charge in [-0.2, -0.15) is 0 Å². The zero-order valence-corrected chi connectivity index (χ0v) is 10.5. The van der Waals surface area contributed by atoms with Gasteiger partial charge in [0.1, 0.15) is 5.75 Å². The maximum Gasteiger partial charge on any atom is 0.122 e. The van der Waals surface area contributed by atoms with Crippen LogP contribution in [0.5, 0.6) is 5.75 Å². The smallest absolute Gasteiger partial charge is 0.122 e. The first-order valence-corrected chi connectivity index (χ1v) is 6.44. The van der Waals surface area contributed by atoms with Crippen molar-refractivity contribution in [2.45, 2.75) is 31.7 Å². The third kappa shape index (κ3) is 2.70. The Bertz CT molecular complexity index is 375. The van der Waals surface area contributed by atoms with Crippen LogP contribution in [0.4, 0.5) is 0 Å². The molecule has 0 saturated carbocycles. The van der Waals surface area contributed by atoms with Crippen LogP contribution in [0.25, 0.3) is 0 Å². The molecule has 0 amide bonds. The van der Waals surface area contributed by atoms with E-state index in [4.69, 9.17) is 4.74 Å². The van der Waals surface area contributed by atoms with Crippen LogP contribution >= 0.6 is 0 Å². The summed E-state index contributed by atoms with van der Waals surface area (Å²) >= 11 is 0. The zero-order chi connectivity index (χ0) is 12.1. The van der Waals surface area contributed by atoms with E-state index in [9.17, 15) is 0 Å². The Morgan fingerprint density at radius 1 is 1.53 bits per heavy atom. The largest absolute Gasteiger partial charge is 0.493 e. The van der Waals surface area contributed by atoms with E-state index >= 15 is 0 Å². The second-order valence-corrected chi connectivity index (χ2v) is 4.50. The molecule has 2 unspecified atom stereocenters. The van der Waals surface area contributed by atoms with E-state index in [0.717, 1.165) is 31.7 Å². The molecule has 17 heavy (non-hydrogen) atoms. The Hall–Kier alpha value is -1.28. The van der Waals surface area contributed by atoms with Crippen LogP contribution in [0.15, 0.2) is 36.9 Å². The van der Waals surface area contributed by atoms with Gasteiger partial charge < -0.3 is 10.1 Å². The number of hydrogen-bond acceptors (Lipinski definition) is 2. The Morgan fingerprint density at radius 2 is 2.35 bits per heavy atom. The average Bonchev–Trinajstić information content (AvgIpc) is 2.40. The van der Waals surface area contributed by atoms with Crippen LogP contribution in [0.3, 0.4) is 0 Å². The molecule has 1 aliphatic heterocycles. The molecule has 1 aromatic rings. The molecule has 0 saturated heterocycles. The van der Waals surface area contributed by atoms with Gasteiger partial charge in [0.15, 0.2) is 0 Å². The minimum absolute atomic E-state index is 0.347. The molecule has 0 bridgehead atoms. The summed E-state index contributed by atoms with van der Waals surface area (Å²) in [6, 6.07) is 8.69. The fourth-order valence-electron chi connectivity index (χ4n) is 2.44. The van der Waals surface area contributed by atoms with Crippen LogP contribution in [0.1, 0.15) is 31.2 Å². The average molecular weight is 231 g/mol. The first-order valence-electron chi connectivity index (χ1n) is 6.44. The van der Waals surface area contributed by atoms with Gasteiger partial charge in [-0.25, -0.2) is 0 Å². The van der Waals surface area contributed by atoms with Crippen LogP contribution in [-0.2, 0) is 0 Å². The number of ether oxygens (including phenoxy) is 1. The molecule has 92 valence electrons. The molecule has 0 radical (unpaired) electrons. The molecule has 0 aliphatic carbocycles. The van der Waals surface area contributed by atoms with Gasteiger partial charge in [0.25, 0.3) is 0 Å². The normalized spacial score (nSPS) is 20.2. The molecule has 2 rings (SSSR count). The molecule has 1 aliphatic rings. The monoisotopic (exact) mass is 231 g/mol. The van der Waals surface area contributed by atoms with Crippen LogP contribution in [0.2, 0.25) is 0 Å². The highest BCUT2D eigenvalue weighted by Gasteiger charge is 2.26. The van der Waals surface area contributed by atoms with Gasteiger partial charge in [-0.3, -0.25) is 0 Å². The highest BCUT2D eigenvalue weighted by molar-refractivity contribution is 5.39. The molecule has 1 aromatic carbocycles. The van der Waals surface area contributed by atoms with Gasteiger partial charge in [-0.05, 0) is 31.0 Å². The standard InChI is InChI=1S/C15H21NO/c1-3-10-16-14(4-2)12-9-11-17-15-8-6-5-7-13(12)15/h4-8,12,14,16H,2-3,9-11H2,1H3. The van der Waals surface area contributed by atoms with E-state index in [2.05, 4.69) is 37.0 Å². The maximum atomic E-state index is 5.69. The Balaban J connectivity index is 2.18. The first-order chi connectivity index (χ1) is 8.36. The molecule has 2 atom stereocenters. The first kappa shape index (κ1) is 12.2. The Labute approximate surface area is 104 Å². The second-order valence-electron chi connectivity index (χ2n) is 4.50. The highest BCUT2D eigenvalue weighted by atomic mass is 16.5. The number of rotatable bonds is 5. The molecule has 1 N–H and O–H groups in total. The third-order valence-electron chi connectivity index (χ3n) is 3.32. The Kier molecular flexibility index (Phi) is 4.21.